The molecule has 1 aromatic carbocycles. The maximum Gasteiger partial charge on any atom is 0.123 e. The van der Waals surface area contributed by atoms with Crippen LogP contribution in [0.15, 0.2) is 30.5 Å². The molecule has 0 saturated heterocycles. The number of rotatable bonds is 4. The van der Waals surface area contributed by atoms with Crippen molar-refractivity contribution in [3.05, 3.63) is 41.8 Å². The van der Waals surface area contributed by atoms with Gasteiger partial charge in [0.15, 0.2) is 0 Å². The fraction of sp³-hybridized carbons (Fsp3) is 0.357. The molecule has 94 valence electrons. The second-order valence-corrected chi connectivity index (χ2v) is 4.83. The fourth-order valence-electron chi connectivity index (χ4n) is 2.06. The number of nitrogens with zero attached hydrogens (tertiary/aromatic N) is 2. The Labute approximate surface area is 106 Å². The third-order valence-corrected chi connectivity index (χ3v) is 3.22. The van der Waals surface area contributed by atoms with Gasteiger partial charge in [-0.15, -0.1) is 0 Å². The predicted octanol–water partition coefficient (Wildman–Crippen LogP) is 2.48. The molecule has 1 N–H and O–H groups in total. The Bertz CT molecular complexity index is 558. The largest absolute Gasteiger partial charge is 0.310 e. The summed E-state index contributed by atoms with van der Waals surface area (Å²) in [4.78, 5) is 0. The SMILES string of the molecule is Cn1ccc(-c2ccc(F)cc2CNC2CC2)n1. The van der Waals surface area contributed by atoms with E-state index in [1.807, 2.05) is 25.4 Å². The van der Waals surface area contributed by atoms with E-state index >= 15 is 0 Å². The zero-order valence-electron chi connectivity index (χ0n) is 10.4. The van der Waals surface area contributed by atoms with Gasteiger partial charge in [0, 0.05) is 31.4 Å². The molecule has 1 fully saturated rings. The molecular formula is C14H16FN3. The molecule has 0 amide bonds. The van der Waals surface area contributed by atoms with Crippen LogP contribution in [0.4, 0.5) is 4.39 Å². The van der Waals surface area contributed by atoms with Crippen LogP contribution in [-0.4, -0.2) is 15.8 Å². The Morgan fingerprint density at radius 1 is 1.39 bits per heavy atom. The number of halogens is 1. The smallest absolute Gasteiger partial charge is 0.123 e. The predicted molar refractivity (Wildman–Crippen MR) is 68.5 cm³/mol. The first-order valence-electron chi connectivity index (χ1n) is 6.24. The summed E-state index contributed by atoms with van der Waals surface area (Å²) in [5, 5.41) is 7.80. The summed E-state index contributed by atoms with van der Waals surface area (Å²) in [6, 6.07) is 7.46. The van der Waals surface area contributed by atoms with E-state index in [9.17, 15) is 4.39 Å². The molecule has 4 heteroatoms. The summed E-state index contributed by atoms with van der Waals surface area (Å²) in [6.07, 6.45) is 4.36. The summed E-state index contributed by atoms with van der Waals surface area (Å²) in [5.41, 5.74) is 2.87. The zero-order valence-corrected chi connectivity index (χ0v) is 10.4. The van der Waals surface area contributed by atoms with E-state index < -0.39 is 0 Å². The minimum absolute atomic E-state index is 0.192. The minimum atomic E-state index is -0.192. The number of aromatic nitrogens is 2. The molecule has 1 aliphatic rings. The number of hydrogen-bond acceptors (Lipinski definition) is 2. The number of benzene rings is 1. The molecule has 0 atom stereocenters. The molecular weight excluding hydrogens is 229 g/mol. The lowest BCUT2D eigenvalue weighted by Crippen LogP contribution is -2.16. The highest BCUT2D eigenvalue weighted by Gasteiger charge is 2.20. The molecule has 1 saturated carbocycles. The van der Waals surface area contributed by atoms with E-state index in [4.69, 9.17) is 0 Å². The lowest BCUT2D eigenvalue weighted by Gasteiger charge is -2.08. The molecule has 1 aromatic heterocycles. The first-order chi connectivity index (χ1) is 8.72. The van der Waals surface area contributed by atoms with Crippen LogP contribution in [0.3, 0.4) is 0 Å². The van der Waals surface area contributed by atoms with E-state index in [0.717, 1.165) is 16.8 Å². The Morgan fingerprint density at radius 2 is 2.22 bits per heavy atom. The average Bonchev–Trinajstić information content (AvgIpc) is 3.08. The van der Waals surface area contributed by atoms with Gasteiger partial charge in [-0.1, -0.05) is 0 Å². The van der Waals surface area contributed by atoms with Crippen LogP contribution in [0.25, 0.3) is 11.3 Å². The van der Waals surface area contributed by atoms with Crippen molar-refractivity contribution in [1.29, 1.82) is 0 Å². The van der Waals surface area contributed by atoms with Crippen molar-refractivity contribution in [2.24, 2.45) is 7.05 Å². The van der Waals surface area contributed by atoms with Crippen molar-refractivity contribution in [1.82, 2.24) is 15.1 Å². The normalized spacial score (nSPS) is 15.0. The van der Waals surface area contributed by atoms with E-state index in [1.54, 1.807) is 10.7 Å². The number of aryl methyl sites for hydroxylation is 1. The van der Waals surface area contributed by atoms with Crippen LogP contribution in [0, 0.1) is 5.82 Å². The zero-order chi connectivity index (χ0) is 12.5. The Hall–Kier alpha value is -1.68. The maximum absolute atomic E-state index is 13.4. The van der Waals surface area contributed by atoms with Crippen LogP contribution in [0.1, 0.15) is 18.4 Å². The highest BCUT2D eigenvalue weighted by Crippen LogP contribution is 2.25. The Morgan fingerprint density at radius 3 is 2.89 bits per heavy atom. The van der Waals surface area contributed by atoms with Gasteiger partial charge in [0.05, 0.1) is 5.69 Å². The van der Waals surface area contributed by atoms with Crippen LogP contribution >= 0.6 is 0 Å². The summed E-state index contributed by atoms with van der Waals surface area (Å²) < 4.78 is 15.1. The molecule has 0 bridgehead atoms. The lowest BCUT2D eigenvalue weighted by atomic mass is 10.0. The first-order valence-corrected chi connectivity index (χ1v) is 6.24. The van der Waals surface area contributed by atoms with Gasteiger partial charge in [0.2, 0.25) is 0 Å². The first kappa shape index (κ1) is 11.4. The van der Waals surface area contributed by atoms with Crippen molar-refractivity contribution in [2.45, 2.75) is 25.4 Å². The summed E-state index contributed by atoms with van der Waals surface area (Å²) >= 11 is 0. The second kappa shape index (κ2) is 4.53. The second-order valence-electron chi connectivity index (χ2n) is 4.83. The molecule has 0 aliphatic heterocycles. The standard InChI is InChI=1S/C14H16FN3/c1-18-7-6-14(17-18)13-5-2-11(15)8-10(13)9-16-12-3-4-12/h2,5-8,12,16H,3-4,9H2,1H3. The van der Waals surface area contributed by atoms with E-state index in [2.05, 4.69) is 10.4 Å². The molecule has 18 heavy (non-hydrogen) atoms. The average molecular weight is 245 g/mol. The van der Waals surface area contributed by atoms with Crippen LogP contribution in [-0.2, 0) is 13.6 Å². The highest BCUT2D eigenvalue weighted by atomic mass is 19.1. The minimum Gasteiger partial charge on any atom is -0.310 e. The van der Waals surface area contributed by atoms with Gasteiger partial charge in [0.1, 0.15) is 5.82 Å². The third-order valence-electron chi connectivity index (χ3n) is 3.22. The highest BCUT2D eigenvalue weighted by molar-refractivity contribution is 5.63. The molecule has 3 rings (SSSR count). The molecule has 1 heterocycles. The van der Waals surface area contributed by atoms with Crippen molar-refractivity contribution in [2.75, 3.05) is 0 Å². The molecule has 0 spiro atoms. The summed E-state index contributed by atoms with van der Waals surface area (Å²) in [7, 11) is 1.88. The molecule has 0 unspecified atom stereocenters. The summed E-state index contributed by atoms with van der Waals surface area (Å²) in [5.74, 6) is -0.192. The van der Waals surface area contributed by atoms with Crippen molar-refractivity contribution in [3.63, 3.8) is 0 Å². The van der Waals surface area contributed by atoms with E-state index in [0.29, 0.717) is 12.6 Å². The van der Waals surface area contributed by atoms with Crippen molar-refractivity contribution in [3.8, 4) is 11.3 Å². The monoisotopic (exact) mass is 245 g/mol. The van der Waals surface area contributed by atoms with E-state index in [1.165, 1.54) is 18.9 Å². The van der Waals surface area contributed by atoms with Crippen LogP contribution < -0.4 is 5.32 Å². The van der Waals surface area contributed by atoms with Crippen LogP contribution in [0.2, 0.25) is 0 Å². The van der Waals surface area contributed by atoms with Gasteiger partial charge >= 0.3 is 0 Å². The van der Waals surface area contributed by atoms with Gasteiger partial charge in [-0.2, -0.15) is 5.10 Å². The molecule has 2 aromatic rings. The van der Waals surface area contributed by atoms with Crippen molar-refractivity contribution >= 4 is 0 Å². The molecule has 0 radical (unpaired) electrons. The van der Waals surface area contributed by atoms with Gasteiger partial charge < -0.3 is 5.32 Å². The third kappa shape index (κ3) is 2.43. The van der Waals surface area contributed by atoms with Gasteiger partial charge in [-0.05, 0) is 42.7 Å². The maximum atomic E-state index is 13.4. The van der Waals surface area contributed by atoms with Gasteiger partial charge in [-0.3, -0.25) is 4.68 Å². The molecule has 1 aliphatic carbocycles. The fourth-order valence-corrected chi connectivity index (χ4v) is 2.06. The molecule has 3 nitrogen and oxygen atoms in total. The quantitative estimate of drug-likeness (QED) is 0.896. The Balaban J connectivity index is 1.91. The number of nitrogens with one attached hydrogen (secondary N) is 1. The summed E-state index contributed by atoms with van der Waals surface area (Å²) in [6.45, 7) is 0.703. The van der Waals surface area contributed by atoms with Gasteiger partial charge in [0.25, 0.3) is 0 Å². The van der Waals surface area contributed by atoms with Crippen LogP contribution in [0.5, 0.6) is 0 Å². The number of hydrogen-bond donors (Lipinski definition) is 1. The van der Waals surface area contributed by atoms with E-state index in [-0.39, 0.29) is 5.82 Å². The van der Waals surface area contributed by atoms with Gasteiger partial charge in [-0.25, -0.2) is 4.39 Å². The topological polar surface area (TPSA) is 29.9 Å². The van der Waals surface area contributed by atoms with Crippen molar-refractivity contribution < 1.29 is 4.39 Å². The lowest BCUT2D eigenvalue weighted by molar-refractivity contribution is 0.620. The Kier molecular flexibility index (Phi) is 2.88.